The lowest BCUT2D eigenvalue weighted by molar-refractivity contribution is -0.274. The van der Waals surface area contributed by atoms with Gasteiger partial charge in [-0.05, 0) is 47.5 Å². The zero-order valence-corrected chi connectivity index (χ0v) is 19.3. The van der Waals surface area contributed by atoms with Crippen molar-refractivity contribution in [3.8, 4) is 11.5 Å². The highest BCUT2D eigenvalue weighted by molar-refractivity contribution is 5.74. The van der Waals surface area contributed by atoms with Crippen LogP contribution in [0.1, 0.15) is 23.6 Å². The summed E-state index contributed by atoms with van der Waals surface area (Å²) in [5.41, 5.74) is 2.65. The van der Waals surface area contributed by atoms with E-state index in [0.717, 1.165) is 5.56 Å². The van der Waals surface area contributed by atoms with Gasteiger partial charge in [0.05, 0.1) is 30.9 Å². The van der Waals surface area contributed by atoms with Crippen LogP contribution in [0.25, 0.3) is 0 Å². The molecular formula is C26H24F6N2O2. The summed E-state index contributed by atoms with van der Waals surface area (Å²) in [4.78, 5) is 3.69. The first-order valence-electron chi connectivity index (χ1n) is 11.2. The Morgan fingerprint density at radius 3 is 2.22 bits per heavy atom. The van der Waals surface area contributed by atoms with Crippen LogP contribution in [0.3, 0.4) is 0 Å². The molecular weight excluding hydrogens is 486 g/mol. The van der Waals surface area contributed by atoms with Crippen LogP contribution < -0.4 is 19.3 Å². The normalized spacial score (nSPS) is 16.0. The van der Waals surface area contributed by atoms with Crippen molar-refractivity contribution in [2.75, 3.05) is 30.0 Å². The number of halogens is 6. The molecule has 10 heteroatoms. The van der Waals surface area contributed by atoms with Gasteiger partial charge in [-0.25, -0.2) is 0 Å². The Bertz CT molecular complexity index is 1180. The standard InChI is InChI=1S/C26H24F6N2O2/c1-35-20-8-5-7-19(15-20)24-17-33(16-18-6-4-9-21(14-18)36-26(30,31)32)22-10-2-3-11-23(22)34(24)13-12-25(27,28)29/h2-11,14-15,24H,12-13,16-17H2,1H3/t24-/m0/s1. The third kappa shape index (κ3) is 6.35. The molecule has 0 radical (unpaired) electrons. The lowest BCUT2D eigenvalue weighted by Crippen LogP contribution is -2.44. The van der Waals surface area contributed by atoms with E-state index < -0.39 is 25.0 Å². The van der Waals surface area contributed by atoms with Gasteiger partial charge in [0.1, 0.15) is 11.5 Å². The molecule has 1 heterocycles. The number of hydrogen-bond donors (Lipinski definition) is 0. The minimum atomic E-state index is -4.81. The number of para-hydroxylation sites is 2. The van der Waals surface area contributed by atoms with Gasteiger partial charge in [-0.15, -0.1) is 13.2 Å². The molecule has 192 valence electrons. The second-order valence-corrected chi connectivity index (χ2v) is 8.42. The fraction of sp³-hybridized carbons (Fsp3) is 0.308. The molecule has 0 fully saturated rings. The average molecular weight is 510 g/mol. The van der Waals surface area contributed by atoms with E-state index in [1.54, 1.807) is 53.4 Å². The Morgan fingerprint density at radius 1 is 0.833 bits per heavy atom. The van der Waals surface area contributed by atoms with Crippen molar-refractivity contribution in [3.05, 3.63) is 83.9 Å². The van der Waals surface area contributed by atoms with Crippen LogP contribution in [0, 0.1) is 0 Å². The molecule has 4 rings (SSSR count). The highest BCUT2D eigenvalue weighted by Crippen LogP contribution is 2.43. The summed E-state index contributed by atoms with van der Waals surface area (Å²) in [5.74, 6) is 0.243. The molecule has 0 aromatic heterocycles. The van der Waals surface area contributed by atoms with Crippen molar-refractivity contribution in [1.82, 2.24) is 0 Å². The maximum atomic E-state index is 13.2. The Balaban J connectivity index is 1.71. The zero-order chi connectivity index (χ0) is 25.9. The van der Waals surface area contributed by atoms with Gasteiger partial charge in [-0.2, -0.15) is 13.2 Å². The highest BCUT2D eigenvalue weighted by Gasteiger charge is 2.36. The minimum absolute atomic E-state index is 0.236. The van der Waals surface area contributed by atoms with Crippen LogP contribution in [-0.2, 0) is 6.54 Å². The van der Waals surface area contributed by atoms with Crippen LogP contribution in [0.4, 0.5) is 37.7 Å². The first-order valence-corrected chi connectivity index (χ1v) is 11.2. The molecule has 3 aromatic carbocycles. The van der Waals surface area contributed by atoms with E-state index in [1.165, 1.54) is 25.3 Å². The van der Waals surface area contributed by atoms with Gasteiger partial charge in [0, 0.05) is 19.6 Å². The lowest BCUT2D eigenvalue weighted by Gasteiger charge is -2.45. The van der Waals surface area contributed by atoms with Gasteiger partial charge in [0.25, 0.3) is 0 Å². The third-order valence-electron chi connectivity index (χ3n) is 5.92. The van der Waals surface area contributed by atoms with Crippen LogP contribution in [0.5, 0.6) is 11.5 Å². The Hall–Kier alpha value is -3.56. The molecule has 3 aromatic rings. The summed E-state index contributed by atoms with van der Waals surface area (Å²) in [5, 5.41) is 0. The van der Waals surface area contributed by atoms with Gasteiger partial charge in [0.15, 0.2) is 0 Å². The monoisotopic (exact) mass is 510 g/mol. The quantitative estimate of drug-likeness (QED) is 0.316. The number of anilines is 2. The number of rotatable bonds is 7. The van der Waals surface area contributed by atoms with Crippen molar-refractivity contribution < 1.29 is 35.8 Å². The van der Waals surface area contributed by atoms with Gasteiger partial charge >= 0.3 is 12.5 Å². The third-order valence-corrected chi connectivity index (χ3v) is 5.92. The van der Waals surface area contributed by atoms with Gasteiger partial charge < -0.3 is 19.3 Å². The maximum Gasteiger partial charge on any atom is 0.573 e. The van der Waals surface area contributed by atoms with E-state index >= 15 is 0 Å². The number of methoxy groups -OCH3 is 1. The van der Waals surface area contributed by atoms with Crippen LogP contribution in [0.2, 0.25) is 0 Å². The van der Waals surface area contributed by atoms with E-state index in [0.29, 0.717) is 29.2 Å². The van der Waals surface area contributed by atoms with Crippen LogP contribution >= 0.6 is 0 Å². The Kier molecular flexibility index (Phi) is 7.23. The molecule has 0 bridgehead atoms. The summed E-state index contributed by atoms with van der Waals surface area (Å²) in [6.07, 6.45) is -10.1. The van der Waals surface area contributed by atoms with Crippen molar-refractivity contribution in [2.24, 2.45) is 0 Å². The number of benzene rings is 3. The number of ether oxygens (including phenoxy) is 2. The summed E-state index contributed by atoms with van der Waals surface area (Å²) in [7, 11) is 1.51. The Labute approximate surface area is 204 Å². The average Bonchev–Trinajstić information content (AvgIpc) is 2.82. The SMILES string of the molecule is COc1cccc([C@@H]2CN(Cc3cccc(OC(F)(F)F)c3)c3ccccc3N2CCC(F)(F)F)c1. The van der Waals surface area contributed by atoms with Crippen molar-refractivity contribution in [2.45, 2.75) is 31.5 Å². The zero-order valence-electron chi connectivity index (χ0n) is 19.3. The second kappa shape index (κ2) is 10.2. The lowest BCUT2D eigenvalue weighted by atomic mass is 9.98. The summed E-state index contributed by atoms with van der Waals surface area (Å²) >= 11 is 0. The predicted octanol–water partition coefficient (Wildman–Crippen LogP) is 7.11. The fourth-order valence-electron chi connectivity index (χ4n) is 4.42. The predicted molar refractivity (Wildman–Crippen MR) is 124 cm³/mol. The molecule has 0 N–H and O–H groups in total. The van der Waals surface area contributed by atoms with E-state index in [9.17, 15) is 26.3 Å². The molecule has 1 atom stereocenters. The number of nitrogens with zero attached hydrogens (tertiary/aromatic N) is 2. The van der Waals surface area contributed by atoms with Gasteiger partial charge in [-0.1, -0.05) is 36.4 Å². The maximum absolute atomic E-state index is 13.2. The number of alkyl halides is 6. The second-order valence-electron chi connectivity index (χ2n) is 8.42. The summed E-state index contributed by atoms with van der Waals surface area (Å²) in [6, 6.07) is 19.5. The van der Waals surface area contributed by atoms with Gasteiger partial charge in [-0.3, -0.25) is 0 Å². The van der Waals surface area contributed by atoms with Crippen molar-refractivity contribution in [1.29, 1.82) is 0 Å². The van der Waals surface area contributed by atoms with Gasteiger partial charge in [0.2, 0.25) is 0 Å². The minimum Gasteiger partial charge on any atom is -0.497 e. The fourth-order valence-corrected chi connectivity index (χ4v) is 4.42. The number of hydrogen-bond acceptors (Lipinski definition) is 4. The van der Waals surface area contributed by atoms with E-state index in [4.69, 9.17) is 4.74 Å². The molecule has 4 nitrogen and oxygen atoms in total. The van der Waals surface area contributed by atoms with Crippen LogP contribution in [0.15, 0.2) is 72.8 Å². The highest BCUT2D eigenvalue weighted by atomic mass is 19.4. The largest absolute Gasteiger partial charge is 0.573 e. The summed E-state index contributed by atoms with van der Waals surface area (Å²) in [6.45, 7) is 0.303. The molecule has 0 aliphatic carbocycles. The van der Waals surface area contributed by atoms with Crippen LogP contribution in [-0.4, -0.2) is 32.7 Å². The first kappa shape index (κ1) is 25.5. The molecule has 0 unspecified atom stereocenters. The molecule has 1 aliphatic heterocycles. The van der Waals surface area contributed by atoms with Crippen molar-refractivity contribution in [3.63, 3.8) is 0 Å². The first-order chi connectivity index (χ1) is 17.0. The summed E-state index contributed by atoms with van der Waals surface area (Å²) < 4.78 is 87.1. The van der Waals surface area contributed by atoms with E-state index in [1.807, 2.05) is 11.0 Å². The topological polar surface area (TPSA) is 24.9 Å². The molecule has 36 heavy (non-hydrogen) atoms. The number of fused-ring (bicyclic) bond motifs is 1. The van der Waals surface area contributed by atoms with E-state index in [-0.39, 0.29) is 18.8 Å². The van der Waals surface area contributed by atoms with E-state index in [2.05, 4.69) is 4.74 Å². The smallest absolute Gasteiger partial charge is 0.497 e. The molecule has 0 spiro atoms. The van der Waals surface area contributed by atoms with Crippen molar-refractivity contribution >= 4 is 11.4 Å². The molecule has 0 saturated carbocycles. The molecule has 0 amide bonds. The Morgan fingerprint density at radius 2 is 1.53 bits per heavy atom. The molecule has 1 aliphatic rings. The molecule has 0 saturated heterocycles.